The Morgan fingerprint density at radius 1 is 1.20 bits per heavy atom. The van der Waals surface area contributed by atoms with Crippen LogP contribution in [0.1, 0.15) is 29.6 Å². The number of hydrogen-bond donors (Lipinski definition) is 0. The molecule has 7 nitrogen and oxygen atoms in total. The lowest BCUT2D eigenvalue weighted by molar-refractivity contribution is -0.137. The van der Waals surface area contributed by atoms with Gasteiger partial charge < -0.3 is 14.4 Å². The Bertz CT molecular complexity index is 771. The number of ether oxygens (including phenoxy) is 2. The Kier molecular flexibility index (Phi) is 4.99. The lowest BCUT2D eigenvalue weighted by Crippen LogP contribution is -2.44. The molecule has 1 aromatic carbocycles. The molecule has 1 saturated heterocycles. The van der Waals surface area contributed by atoms with E-state index in [1.54, 1.807) is 23.1 Å². The average molecular weight is 367 g/mol. The minimum Gasteiger partial charge on any atom is -0.497 e. The van der Waals surface area contributed by atoms with Crippen molar-refractivity contribution in [2.45, 2.75) is 31.3 Å². The molecule has 2 aliphatic rings. The molecule has 1 atom stereocenters. The quantitative estimate of drug-likeness (QED) is 0.698. The summed E-state index contributed by atoms with van der Waals surface area (Å²) in [6.45, 7) is -0.386. The van der Waals surface area contributed by atoms with E-state index in [1.807, 2.05) is 0 Å². The summed E-state index contributed by atoms with van der Waals surface area (Å²) in [5.74, 6) is -0.309. The lowest BCUT2D eigenvalue weighted by Gasteiger charge is -2.28. The van der Waals surface area contributed by atoms with Crippen LogP contribution >= 0.6 is 0 Å². The fourth-order valence-corrected chi connectivity index (χ4v) is 4.80. The Morgan fingerprint density at radius 3 is 2.56 bits per heavy atom. The van der Waals surface area contributed by atoms with E-state index in [0.717, 1.165) is 12.8 Å². The van der Waals surface area contributed by atoms with E-state index in [-0.39, 0.29) is 36.1 Å². The summed E-state index contributed by atoms with van der Waals surface area (Å²) in [5, 5.41) is 0. The van der Waals surface area contributed by atoms with Crippen molar-refractivity contribution < 1.29 is 27.5 Å². The van der Waals surface area contributed by atoms with Crippen molar-refractivity contribution in [3.05, 3.63) is 29.8 Å². The van der Waals surface area contributed by atoms with Gasteiger partial charge in [-0.1, -0.05) is 6.07 Å². The van der Waals surface area contributed by atoms with Crippen molar-refractivity contribution in [1.29, 1.82) is 0 Å². The van der Waals surface area contributed by atoms with Crippen LogP contribution in [0.4, 0.5) is 0 Å². The summed E-state index contributed by atoms with van der Waals surface area (Å²) in [4.78, 5) is 26.2. The van der Waals surface area contributed by atoms with E-state index in [0.29, 0.717) is 17.7 Å². The molecule has 1 aliphatic carbocycles. The minimum absolute atomic E-state index is 0.000922. The van der Waals surface area contributed by atoms with E-state index >= 15 is 0 Å². The van der Waals surface area contributed by atoms with Crippen LogP contribution in [-0.2, 0) is 19.4 Å². The Labute approximate surface area is 146 Å². The van der Waals surface area contributed by atoms with Crippen molar-refractivity contribution in [1.82, 2.24) is 4.90 Å². The third-order valence-corrected chi connectivity index (χ3v) is 6.21. The number of nitrogens with zero attached hydrogens (tertiary/aromatic N) is 1. The Morgan fingerprint density at radius 2 is 1.96 bits per heavy atom. The van der Waals surface area contributed by atoms with Gasteiger partial charge in [0.2, 0.25) is 0 Å². The second-order valence-corrected chi connectivity index (χ2v) is 8.63. The van der Waals surface area contributed by atoms with Crippen molar-refractivity contribution in [2.24, 2.45) is 0 Å². The second-order valence-electron chi connectivity index (χ2n) is 6.40. The number of carbonyl (C=O) groups is 2. The molecule has 0 bridgehead atoms. The highest BCUT2D eigenvalue weighted by Crippen LogP contribution is 2.32. The smallest absolute Gasteiger partial charge is 0.338 e. The largest absolute Gasteiger partial charge is 0.497 e. The number of sulfone groups is 1. The van der Waals surface area contributed by atoms with Crippen LogP contribution in [-0.4, -0.2) is 62.5 Å². The predicted molar refractivity (Wildman–Crippen MR) is 90.2 cm³/mol. The standard InChI is InChI=1S/C17H21NO6S/c1-23-15-4-2-3-12(9-15)17(20)24-10-16(19)18(13-5-6-13)14-7-8-25(21,22)11-14/h2-4,9,13-14H,5-8,10-11H2,1H3/t14-/m0/s1. The van der Waals surface area contributed by atoms with Crippen LogP contribution in [0.5, 0.6) is 5.75 Å². The van der Waals surface area contributed by atoms with Crippen LogP contribution in [0.25, 0.3) is 0 Å². The average Bonchev–Trinajstić information content (AvgIpc) is 3.36. The summed E-state index contributed by atoms with van der Waals surface area (Å²) < 4.78 is 33.6. The number of hydrogen-bond acceptors (Lipinski definition) is 6. The van der Waals surface area contributed by atoms with Gasteiger partial charge in [-0.15, -0.1) is 0 Å². The first-order chi connectivity index (χ1) is 11.9. The van der Waals surface area contributed by atoms with Crippen LogP contribution in [0.15, 0.2) is 24.3 Å². The molecule has 1 saturated carbocycles. The highest BCUT2D eigenvalue weighted by Gasteiger charge is 2.42. The molecule has 1 heterocycles. The van der Waals surface area contributed by atoms with Gasteiger partial charge in [0.25, 0.3) is 5.91 Å². The summed E-state index contributed by atoms with van der Waals surface area (Å²) in [5.41, 5.74) is 0.300. The highest BCUT2D eigenvalue weighted by molar-refractivity contribution is 7.91. The molecule has 0 spiro atoms. The molecule has 1 amide bonds. The molecule has 1 aliphatic heterocycles. The maximum absolute atomic E-state index is 12.5. The van der Waals surface area contributed by atoms with E-state index in [1.165, 1.54) is 13.2 Å². The SMILES string of the molecule is COc1cccc(C(=O)OCC(=O)N(C2CC2)[C@H]2CCS(=O)(=O)C2)c1. The number of esters is 1. The van der Waals surface area contributed by atoms with Gasteiger partial charge >= 0.3 is 5.97 Å². The van der Waals surface area contributed by atoms with Gasteiger partial charge in [-0.3, -0.25) is 4.79 Å². The summed E-state index contributed by atoms with van der Waals surface area (Å²) in [7, 11) is -1.58. The van der Waals surface area contributed by atoms with Crippen LogP contribution < -0.4 is 4.74 Å². The third kappa shape index (κ3) is 4.31. The molecule has 0 radical (unpaired) electrons. The monoisotopic (exact) mass is 367 g/mol. The molecule has 136 valence electrons. The number of amides is 1. The maximum Gasteiger partial charge on any atom is 0.338 e. The highest BCUT2D eigenvalue weighted by atomic mass is 32.2. The first kappa shape index (κ1) is 17.7. The molecule has 2 fully saturated rings. The Hall–Kier alpha value is -2.09. The second kappa shape index (κ2) is 7.03. The molecule has 3 rings (SSSR count). The molecule has 25 heavy (non-hydrogen) atoms. The van der Waals surface area contributed by atoms with E-state index in [9.17, 15) is 18.0 Å². The van der Waals surface area contributed by atoms with Gasteiger partial charge in [0.15, 0.2) is 16.4 Å². The topological polar surface area (TPSA) is 90.0 Å². The van der Waals surface area contributed by atoms with Crippen molar-refractivity contribution in [3.63, 3.8) is 0 Å². The zero-order valence-electron chi connectivity index (χ0n) is 14.0. The lowest BCUT2D eigenvalue weighted by atomic mass is 10.2. The molecular weight excluding hydrogens is 346 g/mol. The first-order valence-corrected chi connectivity index (χ1v) is 10.0. The fraction of sp³-hybridized carbons (Fsp3) is 0.529. The van der Waals surface area contributed by atoms with Gasteiger partial charge in [0, 0.05) is 12.1 Å². The summed E-state index contributed by atoms with van der Waals surface area (Å²) in [6, 6.07) is 6.25. The molecule has 0 N–H and O–H groups in total. The van der Waals surface area contributed by atoms with E-state index < -0.39 is 15.8 Å². The summed E-state index contributed by atoms with van der Waals surface area (Å²) in [6.07, 6.45) is 2.19. The van der Waals surface area contributed by atoms with Gasteiger partial charge in [-0.2, -0.15) is 0 Å². The summed E-state index contributed by atoms with van der Waals surface area (Å²) >= 11 is 0. The molecule has 0 aromatic heterocycles. The normalized spacial score (nSPS) is 21.6. The minimum atomic E-state index is -3.08. The maximum atomic E-state index is 12.5. The van der Waals surface area contributed by atoms with Gasteiger partial charge in [0.1, 0.15) is 5.75 Å². The molecule has 0 unspecified atom stereocenters. The third-order valence-electron chi connectivity index (χ3n) is 4.46. The Balaban J connectivity index is 1.61. The molecule has 8 heteroatoms. The number of benzene rings is 1. The van der Waals surface area contributed by atoms with Crippen molar-refractivity contribution >= 4 is 21.7 Å². The van der Waals surface area contributed by atoms with Crippen LogP contribution in [0.3, 0.4) is 0 Å². The van der Waals surface area contributed by atoms with E-state index in [4.69, 9.17) is 9.47 Å². The predicted octanol–water partition coefficient (Wildman–Crippen LogP) is 1.03. The fourth-order valence-electron chi connectivity index (χ4n) is 3.09. The zero-order chi connectivity index (χ0) is 18.0. The number of rotatable bonds is 6. The van der Waals surface area contributed by atoms with Crippen molar-refractivity contribution in [3.8, 4) is 5.75 Å². The number of carbonyl (C=O) groups excluding carboxylic acids is 2. The van der Waals surface area contributed by atoms with Gasteiger partial charge in [-0.25, -0.2) is 13.2 Å². The van der Waals surface area contributed by atoms with Crippen LogP contribution in [0.2, 0.25) is 0 Å². The zero-order valence-corrected chi connectivity index (χ0v) is 14.8. The van der Waals surface area contributed by atoms with Gasteiger partial charge in [-0.05, 0) is 37.5 Å². The van der Waals surface area contributed by atoms with Crippen molar-refractivity contribution in [2.75, 3.05) is 25.2 Å². The van der Waals surface area contributed by atoms with Crippen LogP contribution in [0, 0.1) is 0 Å². The molecular formula is C17H21NO6S. The number of methoxy groups -OCH3 is 1. The van der Waals surface area contributed by atoms with Gasteiger partial charge in [0.05, 0.1) is 24.2 Å². The molecule has 1 aromatic rings. The van der Waals surface area contributed by atoms with E-state index in [2.05, 4.69) is 0 Å². The first-order valence-electron chi connectivity index (χ1n) is 8.22.